The van der Waals surface area contributed by atoms with Crippen molar-refractivity contribution in [2.75, 3.05) is 35.0 Å². The van der Waals surface area contributed by atoms with Crippen molar-refractivity contribution in [2.24, 2.45) is 0 Å². The van der Waals surface area contributed by atoms with Gasteiger partial charge < -0.3 is 29.2 Å². The number of carbonyl (C=O) groups is 1. The van der Waals surface area contributed by atoms with E-state index in [1.54, 1.807) is 34.5 Å². The van der Waals surface area contributed by atoms with E-state index < -0.39 is 0 Å². The molecule has 8 heteroatoms. The Morgan fingerprint density at radius 1 is 0.816 bits per heavy atom. The van der Waals surface area contributed by atoms with E-state index in [-0.39, 0.29) is 5.91 Å². The molecule has 0 saturated carbocycles. The highest BCUT2D eigenvalue weighted by Gasteiger charge is 2.19. The molecule has 0 aliphatic heterocycles. The average Bonchev–Trinajstić information content (AvgIpc) is 3.34. The molecule has 2 N–H and O–H groups in total. The molecule has 38 heavy (non-hydrogen) atoms. The minimum Gasteiger partial charge on any atom is -0.497 e. The van der Waals surface area contributed by atoms with Gasteiger partial charge >= 0.3 is 0 Å². The van der Waals surface area contributed by atoms with Crippen LogP contribution in [-0.4, -0.2) is 50.9 Å². The zero-order valence-corrected chi connectivity index (χ0v) is 21.8. The summed E-state index contributed by atoms with van der Waals surface area (Å²) in [7, 11) is 6.41. The Morgan fingerprint density at radius 3 is 2.37 bits per heavy atom. The number of hydrogen-bond donors (Lipinski definition) is 2. The first-order valence-corrected chi connectivity index (χ1v) is 12.2. The molecule has 1 amide bonds. The van der Waals surface area contributed by atoms with Crippen molar-refractivity contribution in [3.8, 4) is 34.3 Å². The van der Waals surface area contributed by atoms with Gasteiger partial charge in [0, 0.05) is 34.5 Å². The number of hydrogen-bond acceptors (Lipinski definition) is 6. The van der Waals surface area contributed by atoms with E-state index in [1.165, 1.54) is 0 Å². The van der Waals surface area contributed by atoms with Crippen molar-refractivity contribution in [3.05, 3.63) is 78.0 Å². The number of para-hydroxylation sites is 1. The van der Waals surface area contributed by atoms with Gasteiger partial charge in [-0.15, -0.1) is 0 Å². The van der Waals surface area contributed by atoms with E-state index in [0.717, 1.165) is 32.9 Å². The van der Waals surface area contributed by atoms with Gasteiger partial charge in [-0.3, -0.25) is 4.79 Å². The van der Waals surface area contributed by atoms with Gasteiger partial charge in [-0.05, 0) is 48.4 Å². The van der Waals surface area contributed by atoms with Crippen LogP contribution < -0.4 is 24.3 Å². The first kappa shape index (κ1) is 25.0. The number of aromatic amines is 1. The van der Waals surface area contributed by atoms with Gasteiger partial charge in [0.15, 0.2) is 11.5 Å². The van der Waals surface area contributed by atoms with E-state index in [0.29, 0.717) is 47.4 Å². The predicted octanol–water partition coefficient (Wildman–Crippen LogP) is 5.39. The van der Waals surface area contributed by atoms with Crippen molar-refractivity contribution in [1.29, 1.82) is 0 Å². The van der Waals surface area contributed by atoms with Gasteiger partial charge in [-0.2, -0.15) is 0 Å². The number of fused-ring (bicyclic) bond motifs is 3. The van der Waals surface area contributed by atoms with E-state index >= 15 is 0 Å². The Hall–Kier alpha value is -4.72. The smallest absolute Gasteiger partial charge is 0.269 e. The number of nitrogens with zero attached hydrogens (tertiary/aromatic N) is 1. The molecule has 0 aliphatic rings. The fourth-order valence-corrected chi connectivity index (χ4v) is 4.60. The van der Waals surface area contributed by atoms with Crippen LogP contribution >= 0.6 is 0 Å². The lowest BCUT2D eigenvalue weighted by atomic mass is 10.0. The fraction of sp³-hybridized carbons (Fsp3) is 0.200. The van der Waals surface area contributed by atoms with E-state index in [2.05, 4.69) is 10.3 Å². The monoisotopic (exact) mass is 511 g/mol. The molecule has 2 heterocycles. The Balaban J connectivity index is 1.50. The van der Waals surface area contributed by atoms with Crippen LogP contribution in [0.3, 0.4) is 0 Å². The molecule has 2 aromatic heterocycles. The van der Waals surface area contributed by atoms with Gasteiger partial charge in [0.05, 0.1) is 39.6 Å². The molecule has 0 spiro atoms. The van der Waals surface area contributed by atoms with Crippen LogP contribution in [0.25, 0.3) is 33.1 Å². The third kappa shape index (κ3) is 4.68. The van der Waals surface area contributed by atoms with Crippen molar-refractivity contribution < 1.29 is 23.7 Å². The summed E-state index contributed by atoms with van der Waals surface area (Å²) in [6.45, 7) is 0.434. The maximum Gasteiger partial charge on any atom is 0.269 e. The van der Waals surface area contributed by atoms with E-state index in [4.69, 9.17) is 23.9 Å². The number of nitrogens with one attached hydrogen (secondary N) is 2. The average molecular weight is 512 g/mol. The van der Waals surface area contributed by atoms with Crippen molar-refractivity contribution in [1.82, 2.24) is 15.3 Å². The number of ether oxygens (including phenoxy) is 4. The molecule has 0 radical (unpaired) electrons. The molecular weight excluding hydrogens is 482 g/mol. The number of methoxy groups -OCH3 is 4. The van der Waals surface area contributed by atoms with Crippen molar-refractivity contribution >= 4 is 27.7 Å². The molecule has 194 valence electrons. The van der Waals surface area contributed by atoms with Gasteiger partial charge in [0.2, 0.25) is 0 Å². The maximum atomic E-state index is 13.3. The molecule has 5 rings (SSSR count). The number of pyridine rings is 1. The second kappa shape index (κ2) is 10.7. The number of aromatic nitrogens is 2. The minimum atomic E-state index is -0.258. The molecule has 0 unspecified atom stereocenters. The van der Waals surface area contributed by atoms with Crippen molar-refractivity contribution in [2.45, 2.75) is 6.42 Å². The highest BCUT2D eigenvalue weighted by Crippen LogP contribution is 2.38. The normalized spacial score (nSPS) is 10.9. The van der Waals surface area contributed by atoms with Crippen LogP contribution in [0.15, 0.2) is 66.7 Å². The predicted molar refractivity (Wildman–Crippen MR) is 148 cm³/mol. The third-order valence-electron chi connectivity index (χ3n) is 6.54. The zero-order chi connectivity index (χ0) is 26.6. The molecule has 0 fully saturated rings. The number of benzene rings is 3. The zero-order valence-electron chi connectivity index (χ0n) is 21.8. The molecule has 8 nitrogen and oxygen atoms in total. The highest BCUT2D eigenvalue weighted by atomic mass is 16.5. The maximum absolute atomic E-state index is 13.3. The quantitative estimate of drug-likeness (QED) is 0.276. The van der Waals surface area contributed by atoms with Crippen LogP contribution in [0.5, 0.6) is 23.0 Å². The van der Waals surface area contributed by atoms with Crippen LogP contribution in [-0.2, 0) is 6.42 Å². The standard InChI is InChI=1S/C30H29N3O5/c1-35-19-10-11-21(26(16-19)37-3)28-29-22(20-7-5-6-8-23(20)32-29)17-24(33-28)30(34)31-14-13-18-9-12-25(36-2)27(15-18)38-4/h5-12,15-17,32H,13-14H2,1-4H3,(H,31,34). The van der Waals surface area contributed by atoms with Crippen LogP contribution in [0, 0.1) is 0 Å². The summed E-state index contributed by atoms with van der Waals surface area (Å²) in [5, 5.41) is 4.93. The summed E-state index contributed by atoms with van der Waals surface area (Å²) in [6.07, 6.45) is 0.626. The summed E-state index contributed by atoms with van der Waals surface area (Å²) in [6, 6.07) is 21.1. The largest absolute Gasteiger partial charge is 0.497 e. The van der Waals surface area contributed by atoms with Crippen LogP contribution in [0.2, 0.25) is 0 Å². The number of amides is 1. The third-order valence-corrected chi connectivity index (χ3v) is 6.54. The van der Waals surface area contributed by atoms with Gasteiger partial charge in [-0.1, -0.05) is 24.3 Å². The molecule has 0 atom stereocenters. The number of H-pyrrole nitrogens is 1. The lowest BCUT2D eigenvalue weighted by Crippen LogP contribution is -2.26. The summed E-state index contributed by atoms with van der Waals surface area (Å²) in [5.41, 5.74) is 4.52. The van der Waals surface area contributed by atoms with Gasteiger partial charge in [0.25, 0.3) is 5.91 Å². The Kier molecular flexibility index (Phi) is 7.04. The first-order chi connectivity index (χ1) is 18.6. The Morgan fingerprint density at radius 2 is 1.61 bits per heavy atom. The van der Waals surface area contributed by atoms with Crippen LogP contribution in [0.4, 0.5) is 0 Å². The van der Waals surface area contributed by atoms with E-state index in [1.807, 2.05) is 60.7 Å². The SMILES string of the molecule is COc1ccc(-c2nc(C(=O)NCCc3ccc(OC)c(OC)c3)cc3c2[nH]c2ccccc23)c(OC)c1. The molecule has 0 saturated heterocycles. The molecule has 0 aliphatic carbocycles. The number of rotatable bonds is 9. The summed E-state index contributed by atoms with van der Waals surface area (Å²) in [4.78, 5) is 21.6. The fourth-order valence-electron chi connectivity index (χ4n) is 4.60. The second-order valence-corrected chi connectivity index (χ2v) is 8.71. The lowest BCUT2D eigenvalue weighted by Gasteiger charge is -2.13. The Labute approximate surface area is 220 Å². The summed E-state index contributed by atoms with van der Waals surface area (Å²) in [5.74, 6) is 2.33. The lowest BCUT2D eigenvalue weighted by molar-refractivity contribution is 0.0949. The van der Waals surface area contributed by atoms with E-state index in [9.17, 15) is 4.79 Å². The molecule has 5 aromatic rings. The van der Waals surface area contributed by atoms with Crippen molar-refractivity contribution in [3.63, 3.8) is 0 Å². The first-order valence-electron chi connectivity index (χ1n) is 12.2. The molecule has 0 bridgehead atoms. The van der Waals surface area contributed by atoms with Gasteiger partial charge in [0.1, 0.15) is 17.2 Å². The summed E-state index contributed by atoms with van der Waals surface area (Å²) < 4.78 is 21.7. The minimum absolute atomic E-state index is 0.258. The molecule has 3 aromatic carbocycles. The highest BCUT2D eigenvalue weighted by molar-refractivity contribution is 6.13. The number of carbonyl (C=O) groups excluding carboxylic acids is 1. The summed E-state index contributed by atoms with van der Waals surface area (Å²) >= 11 is 0. The Bertz CT molecular complexity index is 1630. The van der Waals surface area contributed by atoms with Gasteiger partial charge in [-0.25, -0.2) is 4.98 Å². The van der Waals surface area contributed by atoms with Crippen LogP contribution in [0.1, 0.15) is 16.1 Å². The second-order valence-electron chi connectivity index (χ2n) is 8.71. The topological polar surface area (TPSA) is 94.7 Å². The molecular formula is C30H29N3O5.